The molecule has 64 valence electrons. The number of hydrogen-bond donors (Lipinski definition) is 0. The van der Waals surface area contributed by atoms with Crippen LogP contribution in [0.2, 0.25) is 0 Å². The van der Waals surface area contributed by atoms with Crippen LogP contribution in [-0.2, 0) is 0 Å². The van der Waals surface area contributed by atoms with Crippen LogP contribution in [0.5, 0.6) is 0 Å². The van der Waals surface area contributed by atoms with E-state index in [2.05, 4.69) is 26.8 Å². The van der Waals surface area contributed by atoms with Crippen molar-refractivity contribution in [3.05, 3.63) is 11.6 Å². The smallest absolute Gasteiger partial charge is 0.0321 e. The molecule has 0 heterocycles. The van der Waals surface area contributed by atoms with Crippen LogP contribution in [0.3, 0.4) is 0 Å². The van der Waals surface area contributed by atoms with Gasteiger partial charge in [-0.1, -0.05) is 18.6 Å². The van der Waals surface area contributed by atoms with Crippen molar-refractivity contribution in [3.8, 4) is 0 Å². The molecule has 1 atom stereocenters. The van der Waals surface area contributed by atoms with Gasteiger partial charge in [-0.3, -0.25) is 0 Å². The third-order valence-electron chi connectivity index (χ3n) is 2.91. The zero-order valence-electron chi connectivity index (χ0n) is 8.06. The summed E-state index contributed by atoms with van der Waals surface area (Å²) in [7, 11) is 0. The first-order valence-electron chi connectivity index (χ1n) is 4.86. The lowest BCUT2D eigenvalue weighted by molar-refractivity contribution is 0.469. The van der Waals surface area contributed by atoms with Crippen LogP contribution in [-0.4, -0.2) is 0 Å². The minimum absolute atomic E-state index is 0.977. The molecule has 0 spiro atoms. The maximum absolute atomic E-state index is 2.40. The maximum atomic E-state index is 2.40. The molecular formula is C11H20. The minimum Gasteiger partial charge on any atom is -0.0887 e. The van der Waals surface area contributed by atoms with E-state index in [1.54, 1.807) is 5.57 Å². The Labute approximate surface area is 70.7 Å². The summed E-state index contributed by atoms with van der Waals surface area (Å²) in [6, 6.07) is 0. The van der Waals surface area contributed by atoms with Crippen LogP contribution in [0.25, 0.3) is 0 Å². The van der Waals surface area contributed by atoms with Crippen molar-refractivity contribution in [2.45, 2.75) is 46.5 Å². The summed E-state index contributed by atoms with van der Waals surface area (Å²) < 4.78 is 0. The fourth-order valence-corrected chi connectivity index (χ4v) is 1.50. The number of allylic oxidation sites excluding steroid dienone is 2. The lowest BCUT2D eigenvalue weighted by Crippen LogP contribution is -1.96. The molecule has 1 aliphatic rings. The average molecular weight is 152 g/mol. The van der Waals surface area contributed by atoms with Crippen molar-refractivity contribution in [2.24, 2.45) is 11.8 Å². The lowest BCUT2D eigenvalue weighted by atomic mass is 9.97. The Hall–Kier alpha value is -0.260. The van der Waals surface area contributed by atoms with Crippen molar-refractivity contribution in [3.63, 3.8) is 0 Å². The van der Waals surface area contributed by atoms with Gasteiger partial charge in [-0.25, -0.2) is 0 Å². The largest absolute Gasteiger partial charge is 0.0887 e. The van der Waals surface area contributed by atoms with Crippen LogP contribution in [0.15, 0.2) is 11.6 Å². The summed E-state index contributed by atoms with van der Waals surface area (Å²) in [5.41, 5.74) is 1.55. The third-order valence-corrected chi connectivity index (χ3v) is 2.91. The van der Waals surface area contributed by atoms with Crippen molar-refractivity contribution >= 4 is 0 Å². The van der Waals surface area contributed by atoms with Gasteiger partial charge in [0, 0.05) is 0 Å². The highest BCUT2D eigenvalue weighted by Crippen LogP contribution is 2.38. The van der Waals surface area contributed by atoms with Crippen LogP contribution in [0.1, 0.15) is 46.5 Å². The fraction of sp³-hybridized carbons (Fsp3) is 0.818. The minimum atomic E-state index is 0.977. The summed E-state index contributed by atoms with van der Waals surface area (Å²) in [6.45, 7) is 6.78. The Morgan fingerprint density at radius 3 is 2.64 bits per heavy atom. The number of rotatable bonds is 4. The average Bonchev–Trinajstić information content (AvgIpc) is 2.81. The summed E-state index contributed by atoms with van der Waals surface area (Å²) in [5.74, 6) is 2.06. The molecule has 0 heteroatoms. The second kappa shape index (κ2) is 3.94. The van der Waals surface area contributed by atoms with Gasteiger partial charge < -0.3 is 0 Å². The first kappa shape index (κ1) is 8.83. The van der Waals surface area contributed by atoms with Gasteiger partial charge in [-0.2, -0.15) is 0 Å². The second-order valence-corrected chi connectivity index (χ2v) is 3.99. The van der Waals surface area contributed by atoms with Crippen LogP contribution in [0, 0.1) is 11.8 Å². The van der Waals surface area contributed by atoms with Gasteiger partial charge in [-0.05, 0) is 51.4 Å². The fourth-order valence-electron chi connectivity index (χ4n) is 1.50. The molecule has 0 aromatic heterocycles. The van der Waals surface area contributed by atoms with Crippen LogP contribution >= 0.6 is 0 Å². The summed E-state index contributed by atoms with van der Waals surface area (Å²) in [4.78, 5) is 0. The Balaban J connectivity index is 2.10. The van der Waals surface area contributed by atoms with Crippen molar-refractivity contribution in [2.75, 3.05) is 0 Å². The molecule has 1 rings (SSSR count). The van der Waals surface area contributed by atoms with E-state index in [-0.39, 0.29) is 0 Å². The van der Waals surface area contributed by atoms with E-state index in [0.29, 0.717) is 0 Å². The molecular weight excluding hydrogens is 132 g/mol. The standard InChI is InChI=1S/C11H20/c1-4-9(2)5-6-10(3)11-7-8-11/h4,10-11H,5-8H2,1-3H3. The van der Waals surface area contributed by atoms with Gasteiger partial charge in [0.15, 0.2) is 0 Å². The zero-order chi connectivity index (χ0) is 8.27. The number of hydrogen-bond acceptors (Lipinski definition) is 0. The molecule has 0 saturated heterocycles. The van der Waals surface area contributed by atoms with Crippen molar-refractivity contribution in [1.29, 1.82) is 0 Å². The zero-order valence-corrected chi connectivity index (χ0v) is 8.06. The van der Waals surface area contributed by atoms with Crippen molar-refractivity contribution in [1.82, 2.24) is 0 Å². The van der Waals surface area contributed by atoms with E-state index in [9.17, 15) is 0 Å². The van der Waals surface area contributed by atoms with Gasteiger partial charge in [0.05, 0.1) is 0 Å². The quantitative estimate of drug-likeness (QED) is 0.538. The highest BCUT2D eigenvalue weighted by atomic mass is 14.3. The Morgan fingerprint density at radius 2 is 2.18 bits per heavy atom. The van der Waals surface area contributed by atoms with Crippen LogP contribution in [0.4, 0.5) is 0 Å². The van der Waals surface area contributed by atoms with E-state index < -0.39 is 0 Å². The maximum Gasteiger partial charge on any atom is -0.0321 e. The first-order valence-corrected chi connectivity index (χ1v) is 4.86. The van der Waals surface area contributed by atoms with Crippen molar-refractivity contribution < 1.29 is 0 Å². The molecule has 0 N–H and O–H groups in total. The molecule has 0 nitrogen and oxygen atoms in total. The lowest BCUT2D eigenvalue weighted by Gasteiger charge is -2.08. The Morgan fingerprint density at radius 1 is 1.55 bits per heavy atom. The molecule has 0 aromatic rings. The predicted octanol–water partition coefficient (Wildman–Crippen LogP) is 3.78. The van der Waals surface area contributed by atoms with E-state index >= 15 is 0 Å². The van der Waals surface area contributed by atoms with E-state index in [0.717, 1.165) is 11.8 Å². The highest BCUT2D eigenvalue weighted by Gasteiger charge is 2.27. The van der Waals surface area contributed by atoms with Gasteiger partial charge in [-0.15, -0.1) is 0 Å². The summed E-state index contributed by atoms with van der Waals surface area (Å²) >= 11 is 0. The molecule has 11 heavy (non-hydrogen) atoms. The molecule has 0 radical (unpaired) electrons. The topological polar surface area (TPSA) is 0 Å². The predicted molar refractivity (Wildman–Crippen MR) is 50.6 cm³/mol. The van der Waals surface area contributed by atoms with Gasteiger partial charge in [0.1, 0.15) is 0 Å². The molecule has 0 amide bonds. The van der Waals surface area contributed by atoms with Gasteiger partial charge in [0.2, 0.25) is 0 Å². The molecule has 0 aliphatic heterocycles. The summed E-state index contributed by atoms with van der Waals surface area (Å²) in [5, 5.41) is 0. The van der Waals surface area contributed by atoms with Gasteiger partial charge in [0.25, 0.3) is 0 Å². The Bertz CT molecular complexity index is 140. The molecule has 0 aromatic carbocycles. The first-order chi connectivity index (χ1) is 5.24. The van der Waals surface area contributed by atoms with Gasteiger partial charge >= 0.3 is 0 Å². The molecule has 1 saturated carbocycles. The third kappa shape index (κ3) is 3.09. The van der Waals surface area contributed by atoms with E-state index in [4.69, 9.17) is 0 Å². The second-order valence-electron chi connectivity index (χ2n) is 3.99. The van der Waals surface area contributed by atoms with Crippen LogP contribution < -0.4 is 0 Å². The van der Waals surface area contributed by atoms with E-state index in [1.165, 1.54) is 25.7 Å². The Kier molecular flexibility index (Phi) is 3.16. The molecule has 1 aliphatic carbocycles. The molecule has 1 fully saturated rings. The van der Waals surface area contributed by atoms with E-state index in [1.807, 2.05) is 0 Å². The SMILES string of the molecule is CC=C(C)CCC(C)C1CC1. The monoisotopic (exact) mass is 152 g/mol. The molecule has 0 bridgehead atoms. The normalized spacial score (nSPS) is 21.9. The molecule has 1 unspecified atom stereocenters. The highest BCUT2D eigenvalue weighted by molar-refractivity contribution is 4.96. The summed E-state index contributed by atoms with van der Waals surface area (Å²) in [6.07, 6.45) is 7.95.